The summed E-state index contributed by atoms with van der Waals surface area (Å²) in [6.45, 7) is 3.50. The number of rotatable bonds is 40. The summed E-state index contributed by atoms with van der Waals surface area (Å²) in [5, 5.41) is 72.1. The minimum Gasteiger partial charge on any atom is -0.457 e. The SMILES string of the molecule is CC/C=C\C/C=C\C/C=C\C/C=C\CCCCC(=O)OC(COCCCCCCCCCC/C=C\CCCCCCCC)COC1OC(COC2OC(CO)C(O)C(O)C2O)C(O)C(O)C1O. The minimum atomic E-state index is -1.72. The van der Waals surface area contributed by atoms with Crippen LogP contribution in [-0.2, 0) is 33.2 Å². The van der Waals surface area contributed by atoms with Gasteiger partial charge in [-0.1, -0.05) is 145 Å². The fraction of sp³-hybridized carbons (Fsp3) is 0.792. The fourth-order valence-corrected chi connectivity index (χ4v) is 7.80. The molecule has 388 valence electrons. The van der Waals surface area contributed by atoms with E-state index in [4.69, 9.17) is 28.4 Å². The summed E-state index contributed by atoms with van der Waals surface area (Å²) in [4.78, 5) is 13.0. The van der Waals surface area contributed by atoms with Crippen LogP contribution in [0, 0.1) is 0 Å². The van der Waals surface area contributed by atoms with Crippen molar-refractivity contribution in [3.05, 3.63) is 60.8 Å². The number of carbonyl (C=O) groups excluding carboxylic acids is 1. The first-order valence-electron chi connectivity index (χ1n) is 25.9. The average molecular weight is 953 g/mol. The van der Waals surface area contributed by atoms with Crippen molar-refractivity contribution in [2.24, 2.45) is 0 Å². The van der Waals surface area contributed by atoms with Gasteiger partial charge in [0.15, 0.2) is 12.6 Å². The van der Waals surface area contributed by atoms with Crippen LogP contribution in [0.25, 0.3) is 0 Å². The Bertz CT molecular complexity index is 1340. The van der Waals surface area contributed by atoms with E-state index in [-0.39, 0.29) is 19.6 Å². The number of hydrogen-bond acceptors (Lipinski definition) is 14. The molecule has 0 bridgehead atoms. The summed E-state index contributed by atoms with van der Waals surface area (Å²) < 4.78 is 34.2. The predicted octanol–water partition coefficient (Wildman–Crippen LogP) is 7.74. The van der Waals surface area contributed by atoms with Crippen molar-refractivity contribution in [3.63, 3.8) is 0 Å². The highest BCUT2D eigenvalue weighted by Crippen LogP contribution is 2.26. The van der Waals surface area contributed by atoms with Gasteiger partial charge in [-0.05, 0) is 77.0 Å². The summed E-state index contributed by atoms with van der Waals surface area (Å²) in [5.41, 5.74) is 0. The Morgan fingerprint density at radius 3 is 1.54 bits per heavy atom. The van der Waals surface area contributed by atoms with Crippen molar-refractivity contribution in [1.29, 1.82) is 0 Å². The Kier molecular flexibility index (Phi) is 36.7. The zero-order valence-electron chi connectivity index (χ0n) is 41.1. The van der Waals surface area contributed by atoms with Gasteiger partial charge in [0.1, 0.15) is 54.9 Å². The maximum atomic E-state index is 13.0. The molecule has 2 saturated heterocycles. The number of ether oxygens (including phenoxy) is 6. The Morgan fingerprint density at radius 2 is 0.970 bits per heavy atom. The molecule has 0 saturated carbocycles. The van der Waals surface area contributed by atoms with Crippen LogP contribution in [0.4, 0.5) is 0 Å². The molecule has 0 aromatic rings. The van der Waals surface area contributed by atoms with Crippen LogP contribution in [0.1, 0.15) is 168 Å². The molecule has 2 fully saturated rings. The normalized spacial score (nSPS) is 26.6. The van der Waals surface area contributed by atoms with Crippen LogP contribution < -0.4 is 0 Å². The third-order valence-corrected chi connectivity index (χ3v) is 12.0. The maximum absolute atomic E-state index is 13.0. The molecular weight excluding hydrogens is 861 g/mol. The molecule has 2 heterocycles. The molecule has 0 radical (unpaired) electrons. The van der Waals surface area contributed by atoms with Crippen molar-refractivity contribution in [3.8, 4) is 0 Å². The van der Waals surface area contributed by atoms with Crippen molar-refractivity contribution in [1.82, 2.24) is 0 Å². The van der Waals surface area contributed by atoms with E-state index in [9.17, 15) is 40.5 Å². The van der Waals surface area contributed by atoms with E-state index in [0.29, 0.717) is 13.0 Å². The topological polar surface area (TPSA) is 214 Å². The number of allylic oxidation sites excluding steroid dienone is 10. The Balaban J connectivity index is 1.78. The Labute approximate surface area is 403 Å². The lowest BCUT2D eigenvalue weighted by Gasteiger charge is -2.42. The van der Waals surface area contributed by atoms with Crippen molar-refractivity contribution in [2.75, 3.05) is 33.0 Å². The smallest absolute Gasteiger partial charge is 0.306 e. The molecule has 14 heteroatoms. The molecule has 11 unspecified atom stereocenters. The average Bonchev–Trinajstić information content (AvgIpc) is 3.32. The Morgan fingerprint density at radius 1 is 0.507 bits per heavy atom. The first kappa shape index (κ1) is 60.8. The molecule has 0 amide bonds. The van der Waals surface area contributed by atoms with Gasteiger partial charge in [-0.25, -0.2) is 0 Å². The lowest BCUT2D eigenvalue weighted by Crippen LogP contribution is -2.61. The third kappa shape index (κ3) is 28.2. The Hall–Kier alpha value is -2.31. The molecule has 14 nitrogen and oxygen atoms in total. The zero-order valence-corrected chi connectivity index (χ0v) is 41.1. The van der Waals surface area contributed by atoms with Gasteiger partial charge in [-0.2, -0.15) is 0 Å². The molecule has 11 atom stereocenters. The number of carbonyl (C=O) groups is 1. The van der Waals surface area contributed by atoms with E-state index in [1.54, 1.807) is 0 Å². The first-order chi connectivity index (χ1) is 32.6. The number of aliphatic hydroxyl groups is 7. The largest absolute Gasteiger partial charge is 0.457 e. The summed E-state index contributed by atoms with van der Waals surface area (Å²) in [6.07, 6.45) is 31.4. The number of esters is 1. The predicted molar refractivity (Wildman–Crippen MR) is 261 cm³/mol. The van der Waals surface area contributed by atoms with E-state index in [0.717, 1.165) is 57.8 Å². The standard InChI is InChI=1S/C53H92O14/c1-3-5-7-9-11-13-15-17-19-20-21-23-25-27-29-31-33-35-37-62-39-42(65-45(55)36-34-32-30-28-26-24-22-18-16-14-12-10-8-6-4-2)40-63-52-51(61)49(59)47(57)44(67-52)41-64-53-50(60)48(58)46(56)43(38-54)66-53/h6,8,12,14,17-19,22,26,28,42-44,46-54,56-61H,3-5,7,9-11,13,15-16,20-21,23-25,27,29-41H2,1-2H3/b8-6-,14-12-,19-17-,22-18-,28-26-. The third-order valence-electron chi connectivity index (χ3n) is 12.0. The highest BCUT2D eigenvalue weighted by molar-refractivity contribution is 5.69. The van der Waals surface area contributed by atoms with Gasteiger partial charge in [0.2, 0.25) is 0 Å². The molecule has 67 heavy (non-hydrogen) atoms. The zero-order chi connectivity index (χ0) is 48.7. The van der Waals surface area contributed by atoms with Crippen molar-refractivity contribution >= 4 is 5.97 Å². The summed E-state index contributed by atoms with van der Waals surface area (Å²) >= 11 is 0. The highest BCUT2D eigenvalue weighted by Gasteiger charge is 2.47. The molecule has 2 aliphatic heterocycles. The number of aliphatic hydroxyl groups excluding tert-OH is 7. The lowest BCUT2D eigenvalue weighted by atomic mass is 9.98. The molecule has 0 aliphatic carbocycles. The first-order valence-corrected chi connectivity index (χ1v) is 25.9. The van der Waals surface area contributed by atoms with Crippen LogP contribution in [0.3, 0.4) is 0 Å². The molecule has 0 spiro atoms. The second kappa shape index (κ2) is 40.4. The molecule has 2 rings (SSSR count). The van der Waals surface area contributed by atoms with Gasteiger partial charge < -0.3 is 64.2 Å². The van der Waals surface area contributed by atoms with Gasteiger partial charge >= 0.3 is 5.97 Å². The van der Waals surface area contributed by atoms with Crippen molar-refractivity contribution < 1.29 is 69.0 Å². The van der Waals surface area contributed by atoms with Gasteiger partial charge in [-0.15, -0.1) is 0 Å². The lowest BCUT2D eigenvalue weighted by molar-refractivity contribution is -0.332. The highest BCUT2D eigenvalue weighted by atomic mass is 16.7. The molecule has 0 aromatic heterocycles. The monoisotopic (exact) mass is 953 g/mol. The van der Waals surface area contributed by atoms with E-state index in [1.807, 2.05) is 0 Å². The second-order valence-corrected chi connectivity index (χ2v) is 18.0. The van der Waals surface area contributed by atoms with Crippen LogP contribution in [0.5, 0.6) is 0 Å². The van der Waals surface area contributed by atoms with E-state index in [1.165, 1.54) is 83.5 Å². The molecule has 0 aromatic carbocycles. The summed E-state index contributed by atoms with van der Waals surface area (Å²) in [7, 11) is 0. The van der Waals surface area contributed by atoms with Gasteiger partial charge in [0, 0.05) is 13.0 Å². The quantitative estimate of drug-likeness (QED) is 0.0178. The van der Waals surface area contributed by atoms with Crippen LogP contribution >= 0.6 is 0 Å². The van der Waals surface area contributed by atoms with Crippen LogP contribution in [-0.4, -0.2) is 142 Å². The van der Waals surface area contributed by atoms with Crippen LogP contribution in [0.2, 0.25) is 0 Å². The van der Waals surface area contributed by atoms with Gasteiger partial charge in [-0.3, -0.25) is 4.79 Å². The number of unbranched alkanes of at least 4 members (excludes halogenated alkanes) is 16. The second-order valence-electron chi connectivity index (χ2n) is 18.0. The maximum Gasteiger partial charge on any atom is 0.306 e. The number of hydrogen-bond donors (Lipinski definition) is 7. The van der Waals surface area contributed by atoms with Gasteiger partial charge in [0.25, 0.3) is 0 Å². The summed E-state index contributed by atoms with van der Waals surface area (Å²) in [5.74, 6) is -0.419. The minimum absolute atomic E-state index is 0.0404. The molecule has 2 aliphatic rings. The van der Waals surface area contributed by atoms with E-state index < -0.39 is 86.7 Å². The molecular formula is C53H92O14. The van der Waals surface area contributed by atoms with Crippen LogP contribution in [0.15, 0.2) is 60.8 Å². The van der Waals surface area contributed by atoms with Crippen molar-refractivity contribution in [2.45, 2.75) is 235 Å². The fourth-order valence-electron chi connectivity index (χ4n) is 7.80. The van der Waals surface area contributed by atoms with E-state index >= 15 is 0 Å². The summed E-state index contributed by atoms with van der Waals surface area (Å²) in [6, 6.07) is 0. The van der Waals surface area contributed by atoms with E-state index in [2.05, 4.69) is 74.6 Å². The van der Waals surface area contributed by atoms with Gasteiger partial charge in [0.05, 0.1) is 26.4 Å². The molecule has 7 N–H and O–H groups in total.